The van der Waals surface area contributed by atoms with Gasteiger partial charge in [-0.3, -0.25) is 0 Å². The number of carboxylic acid groups (broad SMARTS) is 1. The fraction of sp³-hybridized carbons (Fsp3) is 0.304. The van der Waals surface area contributed by atoms with Gasteiger partial charge >= 0.3 is 12.1 Å². The van der Waals surface area contributed by atoms with Crippen LogP contribution in [0, 0.1) is 0 Å². The van der Waals surface area contributed by atoms with Crippen molar-refractivity contribution in [2.75, 3.05) is 6.61 Å². The van der Waals surface area contributed by atoms with Crippen molar-refractivity contribution < 1.29 is 32.9 Å². The molecule has 0 radical (unpaired) electrons. The van der Waals surface area contributed by atoms with Gasteiger partial charge in [0, 0.05) is 21.1 Å². The van der Waals surface area contributed by atoms with Gasteiger partial charge < -0.3 is 14.9 Å². The van der Waals surface area contributed by atoms with Crippen LogP contribution in [0.4, 0.5) is 13.2 Å². The Kier molecular flexibility index (Phi) is 8.04. The fourth-order valence-electron chi connectivity index (χ4n) is 3.03. The van der Waals surface area contributed by atoms with Gasteiger partial charge in [0.25, 0.3) is 0 Å². The van der Waals surface area contributed by atoms with E-state index in [-0.39, 0.29) is 12.5 Å². The molecule has 1 aromatic heterocycles. The van der Waals surface area contributed by atoms with E-state index >= 15 is 0 Å². The molecule has 0 aliphatic rings. The van der Waals surface area contributed by atoms with Crippen molar-refractivity contribution in [3.63, 3.8) is 0 Å². The van der Waals surface area contributed by atoms with Crippen LogP contribution in [0.2, 0.25) is 0 Å². The van der Waals surface area contributed by atoms with Gasteiger partial charge in [-0.15, -0.1) is 23.1 Å². The van der Waals surface area contributed by atoms with Crippen molar-refractivity contribution in [1.82, 2.24) is 4.98 Å². The number of carboxylic acids is 1. The van der Waals surface area contributed by atoms with Crippen LogP contribution in [0.15, 0.2) is 47.4 Å². The number of nitrogens with zero attached hydrogens (tertiary/aromatic N) is 1. The second-order valence-corrected chi connectivity index (χ2v) is 9.58. The SMILES string of the molecule is CC(C)c1cc(SCc2sc(-c3ccc(C(F)(F)F)cc3)nc2CO)ccc1OCC(=O)O. The van der Waals surface area contributed by atoms with E-state index in [9.17, 15) is 23.1 Å². The standard InChI is InChI=1S/C23H22F3NO4S2/c1-13(2)17-9-16(7-8-19(17)31-11-21(29)30)32-12-20-18(10-28)27-22(33-20)14-3-5-15(6-4-14)23(24,25)26/h3-9,13,28H,10-12H2,1-2H3,(H,29,30). The predicted molar refractivity (Wildman–Crippen MR) is 122 cm³/mol. The van der Waals surface area contributed by atoms with Crippen molar-refractivity contribution in [2.24, 2.45) is 0 Å². The molecule has 2 N–H and O–H groups in total. The van der Waals surface area contributed by atoms with Crippen molar-refractivity contribution >= 4 is 29.1 Å². The molecule has 0 amide bonds. The molecule has 0 aliphatic carbocycles. The first-order chi connectivity index (χ1) is 15.6. The summed E-state index contributed by atoms with van der Waals surface area (Å²) in [5.74, 6) is 0.113. The number of thioether (sulfide) groups is 1. The number of halogens is 3. The minimum Gasteiger partial charge on any atom is -0.482 e. The molecule has 0 aliphatic heterocycles. The Bertz CT molecular complexity index is 1110. The quantitative estimate of drug-likeness (QED) is 0.343. The number of carbonyl (C=O) groups is 1. The van der Waals surface area contributed by atoms with Crippen molar-refractivity contribution in [3.05, 3.63) is 64.2 Å². The van der Waals surface area contributed by atoms with Crippen molar-refractivity contribution in [2.45, 2.75) is 43.2 Å². The maximum Gasteiger partial charge on any atom is 0.416 e. The summed E-state index contributed by atoms with van der Waals surface area (Å²) < 4.78 is 43.8. The molecule has 0 saturated heterocycles. The maximum atomic E-state index is 12.8. The first-order valence-corrected chi connectivity index (χ1v) is 11.8. The molecule has 10 heteroatoms. The van der Waals surface area contributed by atoms with Crippen molar-refractivity contribution in [1.29, 1.82) is 0 Å². The highest BCUT2D eigenvalue weighted by atomic mass is 32.2. The minimum absolute atomic E-state index is 0.122. The van der Waals surface area contributed by atoms with E-state index in [1.807, 2.05) is 26.0 Å². The molecule has 1 heterocycles. The summed E-state index contributed by atoms with van der Waals surface area (Å²) in [6.45, 7) is 3.29. The molecule has 176 valence electrons. The molecule has 3 rings (SSSR count). The lowest BCUT2D eigenvalue weighted by Gasteiger charge is -2.14. The number of rotatable bonds is 9. The van der Waals surface area contributed by atoms with Gasteiger partial charge in [0.2, 0.25) is 0 Å². The lowest BCUT2D eigenvalue weighted by Crippen LogP contribution is -2.10. The summed E-state index contributed by atoms with van der Waals surface area (Å²) in [6.07, 6.45) is -4.40. The van der Waals surface area contributed by atoms with E-state index in [1.165, 1.54) is 35.2 Å². The average Bonchev–Trinajstić information content (AvgIpc) is 3.19. The van der Waals surface area contributed by atoms with E-state index in [1.54, 1.807) is 6.07 Å². The van der Waals surface area contributed by atoms with E-state index in [0.717, 1.165) is 27.5 Å². The number of ether oxygens (including phenoxy) is 1. The summed E-state index contributed by atoms with van der Waals surface area (Å²) in [7, 11) is 0. The summed E-state index contributed by atoms with van der Waals surface area (Å²) >= 11 is 2.85. The average molecular weight is 498 g/mol. The van der Waals surface area contributed by atoms with Crippen LogP contribution in [0.3, 0.4) is 0 Å². The Balaban J connectivity index is 1.77. The molecule has 5 nitrogen and oxygen atoms in total. The Hall–Kier alpha value is -2.56. The highest BCUT2D eigenvalue weighted by Crippen LogP contribution is 2.37. The van der Waals surface area contributed by atoms with Crippen LogP contribution >= 0.6 is 23.1 Å². The summed E-state index contributed by atoms with van der Waals surface area (Å²) in [5, 5.41) is 19.1. The van der Waals surface area contributed by atoms with Crippen LogP contribution < -0.4 is 4.74 Å². The van der Waals surface area contributed by atoms with Crippen LogP contribution in [0.1, 0.15) is 41.5 Å². The number of aliphatic carboxylic acids is 1. The third-order valence-electron chi connectivity index (χ3n) is 4.71. The molecule has 0 atom stereocenters. The summed E-state index contributed by atoms with van der Waals surface area (Å²) in [5.41, 5.74) is 1.21. The minimum atomic E-state index is -4.40. The van der Waals surface area contributed by atoms with E-state index in [0.29, 0.717) is 27.8 Å². The molecular weight excluding hydrogens is 475 g/mol. The monoisotopic (exact) mass is 497 g/mol. The third-order valence-corrected chi connectivity index (χ3v) is 7.06. The van der Waals surface area contributed by atoms with Crippen LogP contribution in [-0.2, 0) is 23.3 Å². The fourth-order valence-corrected chi connectivity index (χ4v) is 5.15. The number of thiazole rings is 1. The molecule has 0 fully saturated rings. The highest BCUT2D eigenvalue weighted by Gasteiger charge is 2.30. The molecule has 0 bridgehead atoms. The number of aromatic nitrogens is 1. The van der Waals surface area contributed by atoms with Gasteiger partial charge in [-0.05, 0) is 41.8 Å². The zero-order valence-electron chi connectivity index (χ0n) is 17.8. The lowest BCUT2D eigenvalue weighted by molar-refractivity contribution is -0.139. The second kappa shape index (κ2) is 10.6. The number of alkyl halides is 3. The first-order valence-electron chi connectivity index (χ1n) is 9.97. The van der Waals surface area contributed by atoms with Crippen LogP contribution in [0.25, 0.3) is 10.6 Å². The second-order valence-electron chi connectivity index (χ2n) is 7.45. The van der Waals surface area contributed by atoms with Gasteiger partial charge in [0.1, 0.15) is 10.8 Å². The first kappa shape index (κ1) is 25.1. The molecule has 0 unspecified atom stereocenters. The molecule has 0 spiro atoms. The topological polar surface area (TPSA) is 79.7 Å². The van der Waals surface area contributed by atoms with Crippen LogP contribution in [0.5, 0.6) is 5.75 Å². The Morgan fingerprint density at radius 1 is 1.18 bits per heavy atom. The Morgan fingerprint density at radius 3 is 2.45 bits per heavy atom. The molecule has 2 aromatic carbocycles. The number of benzene rings is 2. The Morgan fingerprint density at radius 2 is 1.88 bits per heavy atom. The maximum absolute atomic E-state index is 12.8. The number of hydrogen-bond acceptors (Lipinski definition) is 6. The molecule has 33 heavy (non-hydrogen) atoms. The van der Waals surface area contributed by atoms with Crippen molar-refractivity contribution in [3.8, 4) is 16.3 Å². The Labute approximate surface area is 197 Å². The van der Waals surface area contributed by atoms with E-state index in [2.05, 4.69) is 4.98 Å². The highest BCUT2D eigenvalue weighted by molar-refractivity contribution is 7.98. The summed E-state index contributed by atoms with van der Waals surface area (Å²) in [6, 6.07) is 10.3. The largest absolute Gasteiger partial charge is 0.482 e. The van der Waals surface area contributed by atoms with E-state index < -0.39 is 24.3 Å². The van der Waals surface area contributed by atoms with Gasteiger partial charge in [0.15, 0.2) is 6.61 Å². The van der Waals surface area contributed by atoms with Gasteiger partial charge in [-0.25, -0.2) is 9.78 Å². The molecular formula is C23H22F3NO4S2. The molecule has 3 aromatic rings. The molecule has 0 saturated carbocycles. The predicted octanol–water partition coefficient (Wildman–Crippen LogP) is 6.20. The van der Waals surface area contributed by atoms with Crippen LogP contribution in [-0.4, -0.2) is 27.8 Å². The number of hydrogen-bond donors (Lipinski definition) is 2. The zero-order chi connectivity index (χ0) is 24.2. The normalized spacial score (nSPS) is 11.7. The third kappa shape index (κ3) is 6.49. The lowest BCUT2D eigenvalue weighted by atomic mass is 10.0. The summed E-state index contributed by atoms with van der Waals surface area (Å²) in [4.78, 5) is 17.0. The number of aliphatic hydroxyl groups is 1. The zero-order valence-corrected chi connectivity index (χ0v) is 19.5. The van der Waals surface area contributed by atoms with E-state index in [4.69, 9.17) is 9.84 Å². The smallest absolute Gasteiger partial charge is 0.416 e. The van der Waals surface area contributed by atoms with Gasteiger partial charge in [-0.2, -0.15) is 13.2 Å². The van der Waals surface area contributed by atoms with Gasteiger partial charge in [-0.1, -0.05) is 26.0 Å². The van der Waals surface area contributed by atoms with Gasteiger partial charge in [0.05, 0.1) is 17.9 Å². The number of aliphatic hydroxyl groups excluding tert-OH is 1.